The van der Waals surface area contributed by atoms with Gasteiger partial charge in [-0.1, -0.05) is 28.1 Å². The lowest BCUT2D eigenvalue weighted by atomic mass is 10.1. The molecule has 25 heavy (non-hydrogen) atoms. The van der Waals surface area contributed by atoms with Gasteiger partial charge in [0.25, 0.3) is 5.91 Å². The van der Waals surface area contributed by atoms with Crippen molar-refractivity contribution < 1.29 is 14.3 Å². The van der Waals surface area contributed by atoms with Crippen molar-refractivity contribution in [1.29, 1.82) is 0 Å². The normalized spacial score (nSPS) is 10.4. The van der Waals surface area contributed by atoms with Gasteiger partial charge in [-0.2, -0.15) is 0 Å². The number of amides is 1. The van der Waals surface area contributed by atoms with Crippen LogP contribution in [0.5, 0.6) is 11.5 Å². The third-order valence-corrected chi connectivity index (χ3v) is 5.27. The average molecular weight is 406 g/mol. The fraction of sp³-hybridized carbons (Fsp3) is 0.350. The summed E-state index contributed by atoms with van der Waals surface area (Å²) in [5.74, 6) is 1.38. The zero-order valence-corrected chi connectivity index (χ0v) is 16.7. The summed E-state index contributed by atoms with van der Waals surface area (Å²) in [4.78, 5) is 11.9. The zero-order chi connectivity index (χ0) is 18.4. The predicted molar refractivity (Wildman–Crippen MR) is 104 cm³/mol. The predicted octanol–water partition coefficient (Wildman–Crippen LogP) is 4.26. The van der Waals surface area contributed by atoms with Crippen LogP contribution >= 0.6 is 15.9 Å². The summed E-state index contributed by atoms with van der Waals surface area (Å²) in [6, 6.07) is 9.77. The largest absolute Gasteiger partial charge is 0.491 e. The molecule has 0 unspecified atom stereocenters. The van der Waals surface area contributed by atoms with Gasteiger partial charge in [0, 0.05) is 4.47 Å². The quantitative estimate of drug-likeness (QED) is 0.700. The first kappa shape index (κ1) is 19.3. The minimum atomic E-state index is -0.164. The van der Waals surface area contributed by atoms with Crippen LogP contribution in [0.1, 0.15) is 22.3 Å². The van der Waals surface area contributed by atoms with E-state index >= 15 is 0 Å². The molecule has 5 heteroatoms. The molecule has 0 fully saturated rings. The minimum Gasteiger partial charge on any atom is -0.491 e. The lowest BCUT2D eigenvalue weighted by molar-refractivity contribution is -0.123. The van der Waals surface area contributed by atoms with E-state index in [2.05, 4.69) is 21.2 Å². The first-order valence-electron chi connectivity index (χ1n) is 8.23. The lowest BCUT2D eigenvalue weighted by Crippen LogP contribution is -2.32. The van der Waals surface area contributed by atoms with Gasteiger partial charge < -0.3 is 14.8 Å². The lowest BCUT2D eigenvalue weighted by Gasteiger charge is -2.12. The van der Waals surface area contributed by atoms with Crippen molar-refractivity contribution in [2.75, 3.05) is 19.8 Å². The number of benzene rings is 2. The van der Waals surface area contributed by atoms with Gasteiger partial charge in [-0.15, -0.1) is 0 Å². The summed E-state index contributed by atoms with van der Waals surface area (Å²) < 4.78 is 12.3. The molecule has 0 aliphatic carbocycles. The number of halogens is 1. The monoisotopic (exact) mass is 405 g/mol. The summed E-state index contributed by atoms with van der Waals surface area (Å²) in [7, 11) is 0. The van der Waals surface area contributed by atoms with Crippen LogP contribution in [0.15, 0.2) is 34.8 Å². The number of nitrogens with one attached hydrogen (secondary N) is 1. The Bertz CT molecular complexity index is 736. The van der Waals surface area contributed by atoms with Crippen LogP contribution in [0.4, 0.5) is 0 Å². The van der Waals surface area contributed by atoms with Crippen LogP contribution < -0.4 is 14.8 Å². The topological polar surface area (TPSA) is 47.6 Å². The van der Waals surface area contributed by atoms with Crippen LogP contribution in [0.3, 0.4) is 0 Å². The first-order chi connectivity index (χ1) is 11.9. The molecule has 0 bridgehead atoms. The van der Waals surface area contributed by atoms with Gasteiger partial charge in [-0.25, -0.2) is 0 Å². The fourth-order valence-corrected chi connectivity index (χ4v) is 2.65. The molecule has 1 N–H and O–H groups in total. The summed E-state index contributed by atoms with van der Waals surface area (Å²) >= 11 is 3.52. The highest BCUT2D eigenvalue weighted by Gasteiger charge is 2.07. The van der Waals surface area contributed by atoms with E-state index in [4.69, 9.17) is 9.47 Å². The van der Waals surface area contributed by atoms with E-state index in [-0.39, 0.29) is 12.5 Å². The molecule has 0 aliphatic rings. The van der Waals surface area contributed by atoms with Crippen molar-refractivity contribution in [1.82, 2.24) is 5.32 Å². The highest BCUT2D eigenvalue weighted by molar-refractivity contribution is 9.10. The third kappa shape index (κ3) is 5.49. The molecule has 0 saturated heterocycles. The second kappa shape index (κ2) is 8.90. The number of carbonyl (C=O) groups excluding carboxylic acids is 1. The van der Waals surface area contributed by atoms with Crippen molar-refractivity contribution in [2.45, 2.75) is 27.7 Å². The molecular formula is C20H24BrNO3. The maximum Gasteiger partial charge on any atom is 0.258 e. The molecule has 2 rings (SSSR count). The molecule has 0 aliphatic heterocycles. The smallest absolute Gasteiger partial charge is 0.258 e. The highest BCUT2D eigenvalue weighted by atomic mass is 79.9. The van der Waals surface area contributed by atoms with E-state index in [1.54, 1.807) is 0 Å². The Morgan fingerprint density at radius 2 is 1.72 bits per heavy atom. The standard InChI is InChI=1S/C20H24BrNO3/c1-13-6-5-7-18(16(13)4)24-9-8-22-19(23)12-25-17-10-14(2)20(21)15(3)11-17/h5-7,10-11H,8-9,12H2,1-4H3,(H,22,23). The third-order valence-electron chi connectivity index (χ3n) is 4.02. The number of aryl methyl sites for hydroxylation is 3. The Kier molecular flexibility index (Phi) is 6.88. The molecule has 4 nitrogen and oxygen atoms in total. The van der Waals surface area contributed by atoms with Crippen molar-refractivity contribution >= 4 is 21.8 Å². The molecule has 0 atom stereocenters. The Morgan fingerprint density at radius 1 is 1.04 bits per heavy atom. The Labute approximate surface area is 157 Å². The fourth-order valence-electron chi connectivity index (χ4n) is 2.42. The number of hydrogen-bond donors (Lipinski definition) is 1. The minimum absolute atomic E-state index is 0.00994. The van der Waals surface area contributed by atoms with Crippen molar-refractivity contribution in [2.24, 2.45) is 0 Å². The molecule has 0 radical (unpaired) electrons. The number of carbonyl (C=O) groups is 1. The molecule has 0 saturated carbocycles. The molecule has 0 aromatic heterocycles. The van der Waals surface area contributed by atoms with Gasteiger partial charge >= 0.3 is 0 Å². The molecule has 0 heterocycles. The van der Waals surface area contributed by atoms with Crippen LogP contribution in [0.2, 0.25) is 0 Å². The summed E-state index contributed by atoms with van der Waals surface area (Å²) in [5.41, 5.74) is 4.47. The molecular weight excluding hydrogens is 382 g/mol. The summed E-state index contributed by atoms with van der Waals surface area (Å²) in [6.45, 7) is 8.92. The molecule has 1 amide bonds. The van der Waals surface area contributed by atoms with E-state index in [9.17, 15) is 4.79 Å². The van der Waals surface area contributed by atoms with E-state index in [0.29, 0.717) is 18.9 Å². The van der Waals surface area contributed by atoms with Crippen LogP contribution in [0.25, 0.3) is 0 Å². The summed E-state index contributed by atoms with van der Waals surface area (Å²) in [5, 5.41) is 2.80. The number of rotatable bonds is 7. The number of ether oxygens (including phenoxy) is 2. The van der Waals surface area contributed by atoms with Gasteiger partial charge in [0.15, 0.2) is 6.61 Å². The Morgan fingerprint density at radius 3 is 2.40 bits per heavy atom. The van der Waals surface area contributed by atoms with E-state index in [0.717, 1.165) is 26.9 Å². The molecule has 0 spiro atoms. The van der Waals surface area contributed by atoms with Crippen LogP contribution in [-0.4, -0.2) is 25.7 Å². The van der Waals surface area contributed by atoms with Crippen molar-refractivity contribution in [3.8, 4) is 11.5 Å². The van der Waals surface area contributed by atoms with E-state index in [1.807, 2.05) is 58.0 Å². The van der Waals surface area contributed by atoms with Gasteiger partial charge in [0.05, 0.1) is 6.54 Å². The maximum absolute atomic E-state index is 11.9. The Hall–Kier alpha value is -2.01. The van der Waals surface area contributed by atoms with Crippen molar-refractivity contribution in [3.05, 3.63) is 57.1 Å². The number of hydrogen-bond acceptors (Lipinski definition) is 3. The summed E-state index contributed by atoms with van der Waals surface area (Å²) in [6.07, 6.45) is 0. The van der Waals surface area contributed by atoms with Crippen molar-refractivity contribution in [3.63, 3.8) is 0 Å². The van der Waals surface area contributed by atoms with Gasteiger partial charge in [0.1, 0.15) is 18.1 Å². The first-order valence-corrected chi connectivity index (χ1v) is 9.03. The molecule has 2 aromatic carbocycles. The van der Waals surface area contributed by atoms with E-state index < -0.39 is 0 Å². The maximum atomic E-state index is 11.9. The second-order valence-electron chi connectivity index (χ2n) is 6.06. The van der Waals surface area contributed by atoms with Crippen LogP contribution in [0, 0.1) is 27.7 Å². The Balaban J connectivity index is 1.73. The zero-order valence-electron chi connectivity index (χ0n) is 15.1. The van der Waals surface area contributed by atoms with E-state index in [1.165, 1.54) is 5.56 Å². The van der Waals surface area contributed by atoms with Crippen LogP contribution in [-0.2, 0) is 4.79 Å². The molecule has 2 aromatic rings. The highest BCUT2D eigenvalue weighted by Crippen LogP contribution is 2.26. The SMILES string of the molecule is Cc1cccc(OCCNC(=O)COc2cc(C)c(Br)c(C)c2)c1C. The molecule has 134 valence electrons. The van der Waals surface area contributed by atoms with Gasteiger partial charge in [-0.3, -0.25) is 4.79 Å². The average Bonchev–Trinajstić information content (AvgIpc) is 2.58. The second-order valence-corrected chi connectivity index (χ2v) is 6.85. The van der Waals surface area contributed by atoms with Gasteiger partial charge in [0.2, 0.25) is 0 Å². The van der Waals surface area contributed by atoms with Gasteiger partial charge in [-0.05, 0) is 68.1 Å².